The van der Waals surface area contributed by atoms with Gasteiger partial charge in [0.25, 0.3) is 11.7 Å². The summed E-state index contributed by atoms with van der Waals surface area (Å²) in [6.45, 7) is 3.10. The third-order valence-corrected chi connectivity index (χ3v) is 6.17. The van der Waals surface area contributed by atoms with Gasteiger partial charge in [-0.15, -0.1) is 0 Å². The van der Waals surface area contributed by atoms with Gasteiger partial charge in [-0.2, -0.15) is 0 Å². The van der Waals surface area contributed by atoms with Crippen molar-refractivity contribution in [3.8, 4) is 11.5 Å². The molecule has 2 heterocycles. The number of carbonyl (C=O) groups excluding carboxylic acids is 2. The highest BCUT2D eigenvalue weighted by atomic mass is 16.5. The van der Waals surface area contributed by atoms with Gasteiger partial charge < -0.3 is 24.4 Å². The van der Waals surface area contributed by atoms with Crippen LogP contribution in [-0.4, -0.2) is 67.0 Å². The predicted molar refractivity (Wildman–Crippen MR) is 121 cm³/mol. The molecule has 2 fully saturated rings. The fourth-order valence-corrected chi connectivity index (χ4v) is 4.43. The largest absolute Gasteiger partial charge is 0.507 e. The second-order valence-electron chi connectivity index (χ2n) is 8.05. The van der Waals surface area contributed by atoms with E-state index in [-0.39, 0.29) is 11.3 Å². The lowest BCUT2D eigenvalue weighted by Gasteiger charge is -2.27. The van der Waals surface area contributed by atoms with Crippen LogP contribution in [0.4, 0.5) is 0 Å². The monoisotopic (exact) mass is 436 g/mol. The second-order valence-corrected chi connectivity index (χ2v) is 8.05. The topological polar surface area (TPSA) is 79.3 Å². The number of aliphatic hydroxyl groups is 1. The van der Waals surface area contributed by atoms with Crippen molar-refractivity contribution in [2.24, 2.45) is 0 Å². The van der Waals surface area contributed by atoms with Gasteiger partial charge in [-0.05, 0) is 67.9 Å². The molecule has 32 heavy (non-hydrogen) atoms. The van der Waals surface area contributed by atoms with Crippen LogP contribution in [-0.2, 0) is 9.59 Å². The molecule has 4 rings (SSSR count). The van der Waals surface area contributed by atoms with E-state index < -0.39 is 17.7 Å². The number of methoxy groups -OCH3 is 2. The fourth-order valence-electron chi connectivity index (χ4n) is 4.43. The molecule has 7 nitrogen and oxygen atoms in total. The van der Waals surface area contributed by atoms with E-state index in [9.17, 15) is 14.7 Å². The third kappa shape index (κ3) is 4.21. The molecule has 2 aliphatic rings. The Labute approximate surface area is 187 Å². The Morgan fingerprint density at radius 2 is 1.66 bits per heavy atom. The van der Waals surface area contributed by atoms with E-state index in [1.807, 2.05) is 18.2 Å². The van der Waals surface area contributed by atoms with Crippen molar-refractivity contribution in [2.75, 3.05) is 40.4 Å². The highest BCUT2D eigenvalue weighted by Crippen LogP contribution is 2.40. The Bertz CT molecular complexity index is 1020. The zero-order valence-corrected chi connectivity index (χ0v) is 18.4. The number of hydrogen-bond donors (Lipinski definition) is 1. The molecule has 0 saturated carbocycles. The quantitative estimate of drug-likeness (QED) is 0.408. The third-order valence-electron chi connectivity index (χ3n) is 6.17. The van der Waals surface area contributed by atoms with Gasteiger partial charge in [-0.25, -0.2) is 0 Å². The van der Waals surface area contributed by atoms with Gasteiger partial charge in [0.15, 0.2) is 0 Å². The van der Waals surface area contributed by atoms with Crippen LogP contribution < -0.4 is 9.47 Å². The van der Waals surface area contributed by atoms with Crippen LogP contribution in [0.1, 0.15) is 30.0 Å². The lowest BCUT2D eigenvalue weighted by Crippen LogP contribution is -2.37. The molecule has 1 N–H and O–H groups in total. The lowest BCUT2D eigenvalue weighted by molar-refractivity contribution is -0.140. The minimum atomic E-state index is -0.685. The predicted octanol–water partition coefficient (Wildman–Crippen LogP) is 3.22. The Morgan fingerprint density at radius 3 is 2.31 bits per heavy atom. The van der Waals surface area contributed by atoms with E-state index in [1.165, 1.54) is 0 Å². The van der Waals surface area contributed by atoms with Crippen LogP contribution >= 0.6 is 0 Å². The molecular weight excluding hydrogens is 408 g/mol. The zero-order chi connectivity index (χ0) is 22.7. The maximum atomic E-state index is 13.1. The number of carbonyl (C=O) groups is 2. The van der Waals surface area contributed by atoms with E-state index in [4.69, 9.17) is 9.47 Å². The minimum Gasteiger partial charge on any atom is -0.507 e. The number of nitrogens with zero attached hydrogens (tertiary/aromatic N) is 2. The smallest absolute Gasteiger partial charge is 0.295 e. The first kappa shape index (κ1) is 21.9. The lowest BCUT2D eigenvalue weighted by atomic mass is 9.95. The van der Waals surface area contributed by atoms with Crippen molar-refractivity contribution in [2.45, 2.75) is 18.9 Å². The first-order chi connectivity index (χ1) is 15.5. The number of amides is 1. The van der Waals surface area contributed by atoms with Crippen LogP contribution in [0.3, 0.4) is 0 Å². The molecular formula is C25H28N2O5. The maximum absolute atomic E-state index is 13.1. The number of aliphatic hydroxyl groups excluding tert-OH is 1. The molecule has 0 bridgehead atoms. The average Bonchev–Trinajstić information content (AvgIpc) is 3.44. The number of ether oxygens (including phenoxy) is 2. The van der Waals surface area contributed by atoms with Gasteiger partial charge in [0, 0.05) is 18.7 Å². The SMILES string of the molecule is COc1ccc(/C(O)=C2\C(=O)C(=O)N(CCN3CCCC3)C2c2cccc(OC)c2)cc1. The van der Waals surface area contributed by atoms with Gasteiger partial charge in [0.2, 0.25) is 0 Å². The number of likely N-dealkylation sites (tertiary alicyclic amines) is 2. The Kier molecular flexibility index (Phi) is 6.46. The van der Waals surface area contributed by atoms with Crippen molar-refractivity contribution < 1.29 is 24.2 Å². The summed E-state index contributed by atoms with van der Waals surface area (Å²) in [6.07, 6.45) is 2.30. The van der Waals surface area contributed by atoms with E-state index in [0.29, 0.717) is 30.2 Å². The first-order valence-electron chi connectivity index (χ1n) is 10.8. The van der Waals surface area contributed by atoms with Gasteiger partial charge >= 0.3 is 0 Å². The molecule has 1 unspecified atom stereocenters. The molecule has 2 saturated heterocycles. The molecule has 0 spiro atoms. The van der Waals surface area contributed by atoms with E-state index in [2.05, 4.69) is 4.90 Å². The maximum Gasteiger partial charge on any atom is 0.295 e. The summed E-state index contributed by atoms with van der Waals surface area (Å²) in [5.74, 6) is -0.198. The van der Waals surface area contributed by atoms with Gasteiger partial charge in [-0.1, -0.05) is 12.1 Å². The fraction of sp³-hybridized carbons (Fsp3) is 0.360. The summed E-state index contributed by atoms with van der Waals surface area (Å²) in [5, 5.41) is 11.1. The highest BCUT2D eigenvalue weighted by Gasteiger charge is 2.46. The van der Waals surface area contributed by atoms with Crippen molar-refractivity contribution in [3.05, 3.63) is 65.2 Å². The molecule has 168 valence electrons. The van der Waals surface area contributed by atoms with Gasteiger partial charge in [0.1, 0.15) is 17.3 Å². The Balaban J connectivity index is 1.76. The molecule has 2 aromatic carbocycles. The summed E-state index contributed by atoms with van der Waals surface area (Å²) >= 11 is 0. The molecule has 2 aromatic rings. The van der Waals surface area contributed by atoms with E-state index in [0.717, 1.165) is 31.5 Å². The van der Waals surface area contributed by atoms with Crippen molar-refractivity contribution in [3.63, 3.8) is 0 Å². The van der Waals surface area contributed by atoms with Crippen LogP contribution in [0.15, 0.2) is 54.1 Å². The number of benzene rings is 2. The minimum absolute atomic E-state index is 0.0924. The van der Waals surface area contributed by atoms with Crippen LogP contribution in [0.5, 0.6) is 11.5 Å². The molecule has 1 amide bonds. The second kappa shape index (κ2) is 9.44. The van der Waals surface area contributed by atoms with Crippen molar-refractivity contribution >= 4 is 17.4 Å². The molecule has 0 radical (unpaired) electrons. The molecule has 7 heteroatoms. The van der Waals surface area contributed by atoms with Gasteiger partial charge in [-0.3, -0.25) is 9.59 Å². The summed E-state index contributed by atoms with van der Waals surface area (Å²) < 4.78 is 10.5. The zero-order valence-electron chi connectivity index (χ0n) is 18.4. The van der Waals surface area contributed by atoms with E-state index >= 15 is 0 Å². The first-order valence-corrected chi connectivity index (χ1v) is 10.8. The molecule has 2 aliphatic heterocycles. The molecule has 0 aromatic heterocycles. The number of Topliss-reactive ketones (excluding diaryl/α,β-unsaturated/α-hetero) is 1. The Hall–Kier alpha value is -3.32. The number of ketones is 1. The van der Waals surface area contributed by atoms with Crippen LogP contribution in [0.25, 0.3) is 5.76 Å². The van der Waals surface area contributed by atoms with E-state index in [1.54, 1.807) is 49.5 Å². The normalized spacial score (nSPS) is 20.7. The highest BCUT2D eigenvalue weighted by molar-refractivity contribution is 6.46. The summed E-state index contributed by atoms with van der Waals surface area (Å²) in [4.78, 5) is 30.0. The van der Waals surface area contributed by atoms with Crippen molar-refractivity contribution in [1.29, 1.82) is 0 Å². The van der Waals surface area contributed by atoms with Crippen molar-refractivity contribution in [1.82, 2.24) is 9.80 Å². The van der Waals surface area contributed by atoms with Crippen LogP contribution in [0, 0.1) is 0 Å². The summed E-state index contributed by atoms with van der Waals surface area (Å²) in [5.41, 5.74) is 1.27. The standard InChI is InChI=1S/C25H28N2O5/c1-31-19-10-8-17(9-11-19)23(28)21-22(18-6-5-7-20(16-18)32-2)27(25(30)24(21)29)15-14-26-12-3-4-13-26/h5-11,16,22,28H,3-4,12-15H2,1-2H3/b23-21+. The summed E-state index contributed by atoms with van der Waals surface area (Å²) in [7, 11) is 3.13. The van der Waals surface area contributed by atoms with Crippen LogP contribution in [0.2, 0.25) is 0 Å². The average molecular weight is 437 g/mol. The van der Waals surface area contributed by atoms with Gasteiger partial charge in [0.05, 0.1) is 25.8 Å². The molecule has 1 atom stereocenters. The number of hydrogen-bond acceptors (Lipinski definition) is 6. The number of rotatable bonds is 7. The summed E-state index contributed by atoms with van der Waals surface area (Å²) in [6, 6.07) is 13.4. The molecule has 0 aliphatic carbocycles. The Morgan fingerprint density at radius 1 is 0.969 bits per heavy atom.